The lowest BCUT2D eigenvalue weighted by Crippen LogP contribution is -1.95. The first kappa shape index (κ1) is 8.18. The molecule has 1 N–H and O–H groups in total. The molecule has 0 bridgehead atoms. The summed E-state index contributed by atoms with van der Waals surface area (Å²) in [6.45, 7) is 0. The zero-order valence-corrected chi connectivity index (χ0v) is 7.89. The van der Waals surface area contributed by atoms with E-state index in [0.29, 0.717) is 10.1 Å². The molecule has 0 saturated heterocycles. The summed E-state index contributed by atoms with van der Waals surface area (Å²) in [7, 11) is 0. The predicted octanol–water partition coefficient (Wildman–Crippen LogP) is 1.19. The highest BCUT2D eigenvalue weighted by atomic mass is 79.9. The average Bonchev–Trinajstić information content (AvgIpc) is 2.46. The molecule has 2 heterocycles. The van der Waals surface area contributed by atoms with Crippen LogP contribution in [-0.4, -0.2) is 25.7 Å². The third-order valence-corrected chi connectivity index (χ3v) is 2.04. The maximum Gasteiger partial charge on any atom is 0.339 e. The fraction of sp³-hybridized carbons (Fsp3) is 0. The first-order valence-corrected chi connectivity index (χ1v) is 4.20. The topological polar surface area (TPSA) is 67.5 Å². The first-order chi connectivity index (χ1) is 6.18. The van der Waals surface area contributed by atoms with Gasteiger partial charge in [0.15, 0.2) is 0 Å². The second-order valence-electron chi connectivity index (χ2n) is 2.40. The molecule has 0 amide bonds. The quantitative estimate of drug-likeness (QED) is 0.762. The van der Waals surface area contributed by atoms with Crippen LogP contribution in [0.15, 0.2) is 23.2 Å². The molecule has 0 aliphatic rings. The Morgan fingerprint density at radius 1 is 1.62 bits per heavy atom. The van der Waals surface area contributed by atoms with Crippen molar-refractivity contribution in [3.8, 4) is 0 Å². The van der Waals surface area contributed by atoms with Gasteiger partial charge in [0.2, 0.25) is 0 Å². The number of aromatic nitrogens is 3. The van der Waals surface area contributed by atoms with E-state index >= 15 is 0 Å². The second kappa shape index (κ2) is 2.81. The summed E-state index contributed by atoms with van der Waals surface area (Å²) in [5.74, 6) is -0.993. The number of aromatic carboxylic acids is 1. The number of rotatable bonds is 1. The number of carboxylic acid groups (broad SMARTS) is 1. The molecule has 66 valence electrons. The highest BCUT2D eigenvalue weighted by Gasteiger charge is 2.10. The SMILES string of the molecule is O=C(O)c1cnn2cnc(Br)cc12. The number of fused-ring (bicyclic) bond motifs is 1. The summed E-state index contributed by atoms with van der Waals surface area (Å²) in [5, 5.41) is 12.6. The molecule has 0 spiro atoms. The molecule has 2 aromatic rings. The molecule has 2 rings (SSSR count). The fourth-order valence-electron chi connectivity index (χ4n) is 1.03. The first-order valence-electron chi connectivity index (χ1n) is 3.40. The standard InChI is InChI=1S/C7H4BrN3O2/c8-6-1-5-4(7(12)13)2-10-11(5)3-9-6/h1-3H,(H,12,13). The Kier molecular flexibility index (Phi) is 1.77. The van der Waals surface area contributed by atoms with Gasteiger partial charge < -0.3 is 5.11 Å². The van der Waals surface area contributed by atoms with Crippen LogP contribution in [0.5, 0.6) is 0 Å². The van der Waals surface area contributed by atoms with Gasteiger partial charge in [-0.25, -0.2) is 14.3 Å². The maximum atomic E-state index is 10.7. The zero-order valence-electron chi connectivity index (χ0n) is 6.31. The Balaban J connectivity index is 2.79. The number of hydrogen-bond donors (Lipinski definition) is 1. The molecule has 6 heteroatoms. The summed E-state index contributed by atoms with van der Waals surface area (Å²) >= 11 is 3.16. The Morgan fingerprint density at radius 2 is 2.38 bits per heavy atom. The van der Waals surface area contributed by atoms with Crippen LogP contribution in [-0.2, 0) is 0 Å². The largest absolute Gasteiger partial charge is 0.478 e. The summed E-state index contributed by atoms with van der Waals surface area (Å²) in [5.41, 5.74) is 0.692. The van der Waals surface area contributed by atoms with Gasteiger partial charge in [-0.1, -0.05) is 0 Å². The lowest BCUT2D eigenvalue weighted by Gasteiger charge is -1.93. The van der Waals surface area contributed by atoms with E-state index in [0.717, 1.165) is 0 Å². The molecule has 0 unspecified atom stereocenters. The maximum absolute atomic E-state index is 10.7. The monoisotopic (exact) mass is 241 g/mol. The van der Waals surface area contributed by atoms with Gasteiger partial charge in [0.05, 0.1) is 11.7 Å². The van der Waals surface area contributed by atoms with Gasteiger partial charge in [-0.05, 0) is 22.0 Å². The van der Waals surface area contributed by atoms with E-state index in [1.165, 1.54) is 17.0 Å². The third kappa shape index (κ3) is 1.29. The molecular formula is C7H4BrN3O2. The molecule has 2 aromatic heterocycles. The van der Waals surface area contributed by atoms with Gasteiger partial charge >= 0.3 is 5.97 Å². The van der Waals surface area contributed by atoms with E-state index in [-0.39, 0.29) is 5.56 Å². The normalized spacial score (nSPS) is 10.5. The van der Waals surface area contributed by atoms with Crippen molar-refractivity contribution in [2.45, 2.75) is 0 Å². The van der Waals surface area contributed by atoms with Crippen LogP contribution in [0.4, 0.5) is 0 Å². The molecule has 0 saturated carbocycles. The molecule has 0 aromatic carbocycles. The molecule has 0 radical (unpaired) electrons. The highest BCUT2D eigenvalue weighted by molar-refractivity contribution is 9.10. The van der Waals surface area contributed by atoms with Crippen molar-refractivity contribution in [2.75, 3.05) is 0 Å². The van der Waals surface area contributed by atoms with E-state index in [1.807, 2.05) is 0 Å². The minimum Gasteiger partial charge on any atom is -0.478 e. The molecular weight excluding hydrogens is 238 g/mol. The van der Waals surface area contributed by atoms with Crippen molar-refractivity contribution < 1.29 is 9.90 Å². The molecule has 5 nitrogen and oxygen atoms in total. The minimum atomic E-state index is -0.993. The average molecular weight is 242 g/mol. The number of halogens is 1. The summed E-state index contributed by atoms with van der Waals surface area (Å²) in [6, 6.07) is 1.61. The van der Waals surface area contributed by atoms with E-state index < -0.39 is 5.97 Å². The molecule has 0 fully saturated rings. The van der Waals surface area contributed by atoms with E-state index in [4.69, 9.17) is 5.11 Å². The van der Waals surface area contributed by atoms with Crippen LogP contribution >= 0.6 is 15.9 Å². The van der Waals surface area contributed by atoms with Gasteiger partial charge in [0.1, 0.15) is 16.5 Å². The minimum absolute atomic E-state index is 0.170. The lowest BCUT2D eigenvalue weighted by molar-refractivity contribution is 0.0699. The fourth-order valence-corrected chi connectivity index (χ4v) is 1.34. The van der Waals surface area contributed by atoms with E-state index in [1.54, 1.807) is 6.07 Å². The van der Waals surface area contributed by atoms with E-state index in [9.17, 15) is 4.79 Å². The van der Waals surface area contributed by atoms with Gasteiger partial charge in [-0.3, -0.25) is 0 Å². The number of nitrogens with zero attached hydrogens (tertiary/aromatic N) is 3. The zero-order chi connectivity index (χ0) is 9.42. The Bertz CT molecular complexity index is 480. The number of carbonyl (C=O) groups is 1. The third-order valence-electron chi connectivity index (χ3n) is 1.61. The van der Waals surface area contributed by atoms with Gasteiger partial charge in [-0.15, -0.1) is 0 Å². The van der Waals surface area contributed by atoms with Crippen molar-refractivity contribution >= 4 is 27.4 Å². The van der Waals surface area contributed by atoms with Crippen LogP contribution in [0, 0.1) is 0 Å². The van der Waals surface area contributed by atoms with Gasteiger partial charge in [0.25, 0.3) is 0 Å². The van der Waals surface area contributed by atoms with E-state index in [2.05, 4.69) is 26.0 Å². The molecule has 13 heavy (non-hydrogen) atoms. The Hall–Kier alpha value is -1.43. The van der Waals surface area contributed by atoms with Crippen LogP contribution in [0.2, 0.25) is 0 Å². The van der Waals surface area contributed by atoms with Gasteiger partial charge in [-0.2, -0.15) is 5.10 Å². The molecule has 0 atom stereocenters. The molecule has 0 aliphatic carbocycles. The molecule has 0 aliphatic heterocycles. The van der Waals surface area contributed by atoms with Crippen LogP contribution in [0.3, 0.4) is 0 Å². The highest BCUT2D eigenvalue weighted by Crippen LogP contribution is 2.13. The smallest absolute Gasteiger partial charge is 0.339 e. The number of hydrogen-bond acceptors (Lipinski definition) is 3. The Morgan fingerprint density at radius 3 is 3.08 bits per heavy atom. The summed E-state index contributed by atoms with van der Waals surface area (Å²) in [4.78, 5) is 14.6. The summed E-state index contributed by atoms with van der Waals surface area (Å²) in [6.07, 6.45) is 2.75. The Labute approximate surface area is 81.1 Å². The van der Waals surface area contributed by atoms with Crippen LogP contribution < -0.4 is 0 Å². The van der Waals surface area contributed by atoms with Crippen LogP contribution in [0.1, 0.15) is 10.4 Å². The second-order valence-corrected chi connectivity index (χ2v) is 3.22. The van der Waals surface area contributed by atoms with Crippen molar-refractivity contribution in [3.63, 3.8) is 0 Å². The predicted molar refractivity (Wildman–Crippen MR) is 47.6 cm³/mol. The summed E-state index contributed by atoms with van der Waals surface area (Å²) < 4.78 is 2.00. The van der Waals surface area contributed by atoms with Crippen molar-refractivity contribution in [1.29, 1.82) is 0 Å². The van der Waals surface area contributed by atoms with Crippen LogP contribution in [0.25, 0.3) is 5.52 Å². The van der Waals surface area contributed by atoms with Crippen molar-refractivity contribution in [1.82, 2.24) is 14.6 Å². The lowest BCUT2D eigenvalue weighted by atomic mass is 10.3. The van der Waals surface area contributed by atoms with Crippen molar-refractivity contribution in [3.05, 3.63) is 28.8 Å². The van der Waals surface area contributed by atoms with Crippen molar-refractivity contribution in [2.24, 2.45) is 0 Å². The number of carboxylic acids is 1. The van der Waals surface area contributed by atoms with Gasteiger partial charge in [0, 0.05) is 0 Å².